The van der Waals surface area contributed by atoms with E-state index < -0.39 is 5.97 Å². The van der Waals surface area contributed by atoms with E-state index in [2.05, 4.69) is 15.4 Å². The Balaban J connectivity index is 1.80. The fourth-order valence-electron chi connectivity index (χ4n) is 2.05. The second kappa shape index (κ2) is 6.84. The van der Waals surface area contributed by atoms with Gasteiger partial charge in [-0.1, -0.05) is 6.07 Å². The molecule has 116 valence electrons. The van der Waals surface area contributed by atoms with E-state index in [0.717, 1.165) is 17.0 Å². The van der Waals surface area contributed by atoms with Gasteiger partial charge in [0.05, 0.1) is 5.69 Å². The van der Waals surface area contributed by atoms with Gasteiger partial charge in [0.1, 0.15) is 5.69 Å². The maximum Gasteiger partial charge on any atom is 0.354 e. The number of carbonyl (C=O) groups is 2. The first-order valence-corrected chi connectivity index (χ1v) is 6.91. The summed E-state index contributed by atoms with van der Waals surface area (Å²) in [7, 11) is 0. The van der Waals surface area contributed by atoms with Crippen LogP contribution in [-0.4, -0.2) is 31.7 Å². The van der Waals surface area contributed by atoms with E-state index in [1.165, 1.54) is 12.3 Å². The molecule has 2 aromatic heterocycles. The number of pyridine rings is 1. The monoisotopic (exact) mass is 302 g/mol. The lowest BCUT2D eigenvalue weighted by atomic mass is 10.2. The van der Waals surface area contributed by atoms with Gasteiger partial charge in [-0.25, -0.2) is 9.78 Å². The molecule has 0 aliphatic rings. The first-order chi connectivity index (χ1) is 10.5. The number of carboxylic acid groups (broad SMARTS) is 1. The van der Waals surface area contributed by atoms with Crippen LogP contribution in [0.4, 0.5) is 0 Å². The van der Waals surface area contributed by atoms with Crippen molar-refractivity contribution in [2.24, 2.45) is 0 Å². The molecular weight excluding hydrogens is 284 g/mol. The third-order valence-electron chi connectivity index (χ3n) is 3.19. The predicted molar refractivity (Wildman–Crippen MR) is 79.4 cm³/mol. The van der Waals surface area contributed by atoms with Crippen LogP contribution in [0.1, 0.15) is 33.9 Å². The van der Waals surface area contributed by atoms with E-state index >= 15 is 0 Å². The average Bonchev–Trinajstić information content (AvgIpc) is 2.81. The van der Waals surface area contributed by atoms with Gasteiger partial charge in [0, 0.05) is 31.4 Å². The van der Waals surface area contributed by atoms with Crippen LogP contribution in [0.25, 0.3) is 0 Å². The van der Waals surface area contributed by atoms with E-state index in [1.807, 2.05) is 19.9 Å². The van der Waals surface area contributed by atoms with Crippen LogP contribution in [0.3, 0.4) is 0 Å². The molecule has 7 nitrogen and oxygen atoms in total. The largest absolute Gasteiger partial charge is 0.477 e. The number of aromatic carboxylic acids is 1. The van der Waals surface area contributed by atoms with Crippen LogP contribution in [0.2, 0.25) is 0 Å². The van der Waals surface area contributed by atoms with Gasteiger partial charge < -0.3 is 10.4 Å². The molecule has 2 rings (SSSR count). The molecule has 0 saturated heterocycles. The van der Waals surface area contributed by atoms with Crippen molar-refractivity contribution in [1.82, 2.24) is 20.1 Å². The van der Waals surface area contributed by atoms with Crippen molar-refractivity contribution in [1.29, 1.82) is 0 Å². The highest BCUT2D eigenvalue weighted by molar-refractivity contribution is 5.85. The van der Waals surface area contributed by atoms with Crippen LogP contribution < -0.4 is 5.32 Å². The first kappa shape index (κ1) is 15.7. The Morgan fingerprint density at radius 2 is 2.09 bits per heavy atom. The summed E-state index contributed by atoms with van der Waals surface area (Å²) in [5, 5.41) is 15.8. The molecule has 22 heavy (non-hydrogen) atoms. The summed E-state index contributed by atoms with van der Waals surface area (Å²) in [6.45, 7) is 4.72. The van der Waals surface area contributed by atoms with Crippen molar-refractivity contribution in [2.45, 2.75) is 33.4 Å². The van der Waals surface area contributed by atoms with Gasteiger partial charge in [0.2, 0.25) is 5.91 Å². The van der Waals surface area contributed by atoms with Gasteiger partial charge in [0.15, 0.2) is 0 Å². The van der Waals surface area contributed by atoms with Crippen molar-refractivity contribution in [3.63, 3.8) is 0 Å². The number of aryl methyl sites for hydroxylation is 3. The highest BCUT2D eigenvalue weighted by Gasteiger charge is 2.07. The van der Waals surface area contributed by atoms with Gasteiger partial charge in [-0.3, -0.25) is 9.48 Å². The Morgan fingerprint density at radius 1 is 1.32 bits per heavy atom. The van der Waals surface area contributed by atoms with Crippen molar-refractivity contribution in [3.05, 3.63) is 47.0 Å². The van der Waals surface area contributed by atoms with Crippen molar-refractivity contribution >= 4 is 11.9 Å². The van der Waals surface area contributed by atoms with Gasteiger partial charge >= 0.3 is 5.97 Å². The fourth-order valence-corrected chi connectivity index (χ4v) is 2.05. The van der Waals surface area contributed by atoms with E-state index in [-0.39, 0.29) is 11.6 Å². The minimum absolute atomic E-state index is 0.0143. The lowest BCUT2D eigenvalue weighted by Gasteiger charge is -2.07. The number of carboxylic acids is 1. The zero-order chi connectivity index (χ0) is 16.1. The lowest BCUT2D eigenvalue weighted by Crippen LogP contribution is -2.24. The molecule has 0 fully saturated rings. The normalized spacial score (nSPS) is 10.5. The van der Waals surface area contributed by atoms with Crippen molar-refractivity contribution in [3.8, 4) is 0 Å². The molecular formula is C15H18N4O3. The van der Waals surface area contributed by atoms with Crippen LogP contribution in [0, 0.1) is 13.8 Å². The summed E-state index contributed by atoms with van der Waals surface area (Å²) >= 11 is 0. The molecule has 0 radical (unpaired) electrons. The lowest BCUT2D eigenvalue weighted by molar-refractivity contribution is -0.121. The minimum atomic E-state index is -1.07. The number of hydrogen-bond donors (Lipinski definition) is 2. The zero-order valence-electron chi connectivity index (χ0n) is 12.5. The quantitative estimate of drug-likeness (QED) is 0.838. The van der Waals surface area contributed by atoms with Crippen LogP contribution >= 0.6 is 0 Å². The molecule has 2 N–H and O–H groups in total. The van der Waals surface area contributed by atoms with Crippen LogP contribution in [0.5, 0.6) is 0 Å². The molecule has 7 heteroatoms. The standard InChI is InChI=1S/C15H18N4O3/c1-10-7-11(2)19(18-10)6-5-14(20)17-9-12-3-4-13(15(21)22)16-8-12/h3-4,7-8H,5-6,9H2,1-2H3,(H,17,20)(H,21,22). The van der Waals surface area contributed by atoms with Crippen molar-refractivity contribution < 1.29 is 14.7 Å². The van der Waals surface area contributed by atoms with E-state index in [1.54, 1.807) is 10.7 Å². The summed E-state index contributed by atoms with van der Waals surface area (Å²) in [6, 6.07) is 5.02. The Hall–Kier alpha value is -2.70. The topological polar surface area (TPSA) is 97.1 Å². The molecule has 0 aliphatic heterocycles. The molecule has 0 unspecified atom stereocenters. The minimum Gasteiger partial charge on any atom is -0.477 e. The second-order valence-corrected chi connectivity index (χ2v) is 5.03. The van der Waals surface area contributed by atoms with Gasteiger partial charge in [-0.2, -0.15) is 5.10 Å². The average molecular weight is 302 g/mol. The predicted octanol–water partition coefficient (Wildman–Crippen LogP) is 1.30. The maximum atomic E-state index is 11.8. The molecule has 0 spiro atoms. The number of amides is 1. The molecule has 0 saturated carbocycles. The van der Waals surface area contributed by atoms with Gasteiger partial charge in [-0.05, 0) is 31.5 Å². The number of nitrogens with one attached hydrogen (secondary N) is 1. The summed E-state index contributed by atoms with van der Waals surface area (Å²) in [5.74, 6) is -1.16. The third kappa shape index (κ3) is 4.15. The highest BCUT2D eigenvalue weighted by Crippen LogP contribution is 2.03. The number of rotatable bonds is 6. The first-order valence-electron chi connectivity index (χ1n) is 6.91. The Morgan fingerprint density at radius 3 is 2.64 bits per heavy atom. The van der Waals surface area contributed by atoms with Gasteiger partial charge in [-0.15, -0.1) is 0 Å². The van der Waals surface area contributed by atoms with Crippen molar-refractivity contribution in [2.75, 3.05) is 0 Å². The van der Waals surface area contributed by atoms with E-state index in [4.69, 9.17) is 5.11 Å². The number of carbonyl (C=O) groups excluding carboxylic acids is 1. The number of aromatic nitrogens is 3. The number of nitrogens with zero attached hydrogens (tertiary/aromatic N) is 3. The molecule has 0 atom stereocenters. The summed E-state index contributed by atoms with van der Waals surface area (Å²) in [4.78, 5) is 26.3. The summed E-state index contributed by atoms with van der Waals surface area (Å²) in [5.41, 5.74) is 2.70. The molecule has 0 aliphatic carbocycles. The smallest absolute Gasteiger partial charge is 0.354 e. The Bertz CT molecular complexity index is 677. The number of hydrogen-bond acceptors (Lipinski definition) is 4. The zero-order valence-corrected chi connectivity index (χ0v) is 12.5. The van der Waals surface area contributed by atoms with E-state index in [9.17, 15) is 9.59 Å². The third-order valence-corrected chi connectivity index (χ3v) is 3.19. The van der Waals surface area contributed by atoms with Crippen LogP contribution in [-0.2, 0) is 17.9 Å². The molecule has 2 aromatic rings. The Labute approximate surface area is 128 Å². The van der Waals surface area contributed by atoms with Gasteiger partial charge in [0.25, 0.3) is 0 Å². The van der Waals surface area contributed by atoms with Crippen LogP contribution in [0.15, 0.2) is 24.4 Å². The summed E-state index contributed by atoms with van der Waals surface area (Å²) in [6.07, 6.45) is 1.79. The second-order valence-electron chi connectivity index (χ2n) is 5.03. The highest BCUT2D eigenvalue weighted by atomic mass is 16.4. The fraction of sp³-hybridized carbons (Fsp3) is 0.333. The SMILES string of the molecule is Cc1cc(C)n(CCC(=O)NCc2ccc(C(=O)O)nc2)n1. The maximum absolute atomic E-state index is 11.8. The molecule has 2 heterocycles. The molecule has 1 amide bonds. The molecule has 0 bridgehead atoms. The summed E-state index contributed by atoms with van der Waals surface area (Å²) < 4.78 is 1.80. The van der Waals surface area contributed by atoms with E-state index in [0.29, 0.717) is 19.5 Å². The Kier molecular flexibility index (Phi) is 4.88. The molecule has 0 aromatic carbocycles.